The van der Waals surface area contributed by atoms with E-state index in [0.717, 1.165) is 42.2 Å². The zero-order valence-corrected chi connectivity index (χ0v) is 16.4. The molecule has 0 saturated heterocycles. The van der Waals surface area contributed by atoms with E-state index < -0.39 is 0 Å². The van der Waals surface area contributed by atoms with Crippen LogP contribution in [0.25, 0.3) is 0 Å². The molecule has 0 bridgehead atoms. The van der Waals surface area contributed by atoms with Crippen molar-refractivity contribution in [2.75, 3.05) is 29.0 Å². The van der Waals surface area contributed by atoms with E-state index in [9.17, 15) is 0 Å². The minimum atomic E-state index is 0.0805. The average Bonchev–Trinajstić information content (AvgIpc) is 3.41. The lowest BCUT2D eigenvalue weighted by atomic mass is 10.0. The van der Waals surface area contributed by atoms with Crippen LogP contribution in [-0.4, -0.2) is 33.8 Å². The first-order chi connectivity index (χ1) is 14.2. The highest BCUT2D eigenvalue weighted by Gasteiger charge is 2.23. The van der Waals surface area contributed by atoms with Crippen molar-refractivity contribution in [3.63, 3.8) is 0 Å². The molecule has 9 nitrogen and oxygen atoms in total. The normalized spacial score (nSPS) is 15.5. The van der Waals surface area contributed by atoms with Gasteiger partial charge in [-0.15, -0.1) is 0 Å². The van der Waals surface area contributed by atoms with E-state index in [1.807, 2.05) is 50.2 Å². The molecule has 29 heavy (non-hydrogen) atoms. The number of rotatable bonds is 8. The largest absolute Gasteiger partial charge is 0.467 e. The molecule has 3 aromatic rings. The Balaban J connectivity index is 1.45. The van der Waals surface area contributed by atoms with Crippen LogP contribution in [-0.2, 0) is 0 Å². The van der Waals surface area contributed by atoms with Crippen molar-refractivity contribution in [2.45, 2.75) is 26.3 Å². The molecule has 1 atom stereocenters. The first-order valence-electron chi connectivity index (χ1n) is 9.72. The third-order valence-electron chi connectivity index (χ3n) is 4.42. The molecule has 0 fully saturated rings. The Hall–Kier alpha value is -3.62. The number of nitrogens with zero attached hydrogens (tertiary/aromatic N) is 4. The summed E-state index contributed by atoms with van der Waals surface area (Å²) in [6, 6.07) is 12.0. The molecule has 2 aromatic heterocycles. The van der Waals surface area contributed by atoms with Crippen molar-refractivity contribution >= 4 is 29.2 Å². The summed E-state index contributed by atoms with van der Waals surface area (Å²) in [5, 5.41) is 13.9. The molecule has 4 rings (SSSR count). The van der Waals surface area contributed by atoms with Gasteiger partial charge in [0.25, 0.3) is 0 Å². The van der Waals surface area contributed by atoms with Gasteiger partial charge in [-0.05, 0) is 43.7 Å². The molecule has 150 valence electrons. The third kappa shape index (κ3) is 4.45. The van der Waals surface area contributed by atoms with E-state index >= 15 is 0 Å². The summed E-state index contributed by atoms with van der Waals surface area (Å²) < 4.78 is 5.47. The van der Waals surface area contributed by atoms with Crippen molar-refractivity contribution in [3.8, 4) is 0 Å². The van der Waals surface area contributed by atoms with Gasteiger partial charge in [0.1, 0.15) is 11.8 Å². The second-order valence-corrected chi connectivity index (χ2v) is 6.53. The molecular formula is C20H24N8O. The van der Waals surface area contributed by atoms with Gasteiger partial charge in [0.2, 0.25) is 17.8 Å². The van der Waals surface area contributed by atoms with Crippen molar-refractivity contribution in [1.29, 1.82) is 0 Å². The van der Waals surface area contributed by atoms with Gasteiger partial charge in [-0.25, -0.2) is 0 Å². The fourth-order valence-electron chi connectivity index (χ4n) is 3.06. The van der Waals surface area contributed by atoms with Crippen LogP contribution in [0.4, 0.5) is 23.5 Å². The Morgan fingerprint density at radius 2 is 1.66 bits per heavy atom. The SMILES string of the molecule is CCNc1nc(NCC)nc(Nc2ccc(C3=NNC(c4ccco4)C3)cc2)n1. The Bertz CT molecular complexity index is 944. The van der Waals surface area contributed by atoms with E-state index in [2.05, 4.69) is 41.4 Å². The van der Waals surface area contributed by atoms with Gasteiger partial charge in [0.05, 0.1) is 12.0 Å². The smallest absolute Gasteiger partial charge is 0.233 e. The number of hydrogen-bond acceptors (Lipinski definition) is 9. The number of furan rings is 1. The van der Waals surface area contributed by atoms with Crippen LogP contribution < -0.4 is 21.4 Å². The van der Waals surface area contributed by atoms with Crippen molar-refractivity contribution in [3.05, 3.63) is 54.0 Å². The maximum atomic E-state index is 5.47. The van der Waals surface area contributed by atoms with Crippen LogP contribution in [0, 0.1) is 0 Å². The van der Waals surface area contributed by atoms with Gasteiger partial charge in [0.15, 0.2) is 0 Å². The van der Waals surface area contributed by atoms with Gasteiger partial charge >= 0.3 is 0 Å². The van der Waals surface area contributed by atoms with Crippen LogP contribution >= 0.6 is 0 Å². The Morgan fingerprint density at radius 3 is 2.28 bits per heavy atom. The van der Waals surface area contributed by atoms with Crippen LogP contribution in [0.5, 0.6) is 0 Å². The molecule has 1 aliphatic rings. The molecule has 1 aromatic carbocycles. The first kappa shape index (κ1) is 18.7. The Kier molecular flexibility index (Phi) is 5.55. The second kappa shape index (κ2) is 8.59. The minimum absolute atomic E-state index is 0.0805. The van der Waals surface area contributed by atoms with Crippen LogP contribution in [0.3, 0.4) is 0 Å². The highest BCUT2D eigenvalue weighted by molar-refractivity contribution is 6.02. The van der Waals surface area contributed by atoms with Gasteiger partial charge in [-0.1, -0.05) is 12.1 Å². The molecule has 9 heteroatoms. The molecular weight excluding hydrogens is 368 g/mol. The fourth-order valence-corrected chi connectivity index (χ4v) is 3.06. The zero-order valence-electron chi connectivity index (χ0n) is 16.4. The number of benzene rings is 1. The summed E-state index contributed by atoms with van der Waals surface area (Å²) in [4.78, 5) is 13.2. The predicted octanol–water partition coefficient (Wildman–Crippen LogP) is 3.51. The quantitative estimate of drug-likeness (QED) is 0.461. The molecule has 0 radical (unpaired) electrons. The molecule has 0 amide bonds. The van der Waals surface area contributed by atoms with Gasteiger partial charge in [-0.3, -0.25) is 5.43 Å². The number of hydrogen-bond donors (Lipinski definition) is 4. The summed E-state index contributed by atoms with van der Waals surface area (Å²) in [7, 11) is 0. The van der Waals surface area contributed by atoms with E-state index in [1.165, 1.54) is 0 Å². The van der Waals surface area contributed by atoms with Gasteiger partial charge in [0, 0.05) is 25.2 Å². The topological polar surface area (TPSA) is 112 Å². The average molecular weight is 392 g/mol. The molecule has 3 heterocycles. The van der Waals surface area contributed by atoms with Crippen molar-refractivity contribution < 1.29 is 4.42 Å². The maximum absolute atomic E-state index is 5.47. The first-order valence-corrected chi connectivity index (χ1v) is 9.72. The molecule has 0 aliphatic carbocycles. The summed E-state index contributed by atoms with van der Waals surface area (Å²) in [6.45, 7) is 5.47. The molecule has 1 aliphatic heterocycles. The lowest BCUT2D eigenvalue weighted by Gasteiger charge is -2.10. The number of nitrogens with one attached hydrogen (secondary N) is 4. The van der Waals surface area contributed by atoms with Crippen LogP contribution in [0.15, 0.2) is 52.2 Å². The fraction of sp³-hybridized carbons (Fsp3) is 0.300. The van der Waals surface area contributed by atoms with Crippen LogP contribution in [0.1, 0.15) is 37.6 Å². The van der Waals surface area contributed by atoms with Crippen LogP contribution in [0.2, 0.25) is 0 Å². The number of aromatic nitrogens is 3. The highest BCUT2D eigenvalue weighted by atomic mass is 16.3. The summed E-state index contributed by atoms with van der Waals surface area (Å²) >= 11 is 0. The van der Waals surface area contributed by atoms with E-state index in [-0.39, 0.29) is 6.04 Å². The van der Waals surface area contributed by atoms with Crippen molar-refractivity contribution in [2.24, 2.45) is 5.10 Å². The van der Waals surface area contributed by atoms with E-state index in [1.54, 1.807) is 6.26 Å². The standard InChI is InChI=1S/C20H24N8O/c1-3-21-18-24-19(22-4-2)26-20(25-18)23-14-9-7-13(8-10-14)15-12-16(28-27-15)17-6-5-11-29-17/h5-11,16,28H,3-4,12H2,1-2H3,(H3,21,22,23,24,25,26). The lowest BCUT2D eigenvalue weighted by molar-refractivity contribution is 0.440. The summed E-state index contributed by atoms with van der Waals surface area (Å²) in [6.07, 6.45) is 2.46. The molecule has 0 spiro atoms. The van der Waals surface area contributed by atoms with Gasteiger partial charge < -0.3 is 20.4 Å². The van der Waals surface area contributed by atoms with Gasteiger partial charge in [-0.2, -0.15) is 20.1 Å². The predicted molar refractivity (Wildman–Crippen MR) is 114 cm³/mol. The zero-order chi connectivity index (χ0) is 20.1. The lowest BCUT2D eigenvalue weighted by Crippen LogP contribution is -2.10. The Morgan fingerprint density at radius 1 is 0.966 bits per heavy atom. The third-order valence-corrected chi connectivity index (χ3v) is 4.42. The van der Waals surface area contributed by atoms with E-state index in [4.69, 9.17) is 4.42 Å². The second-order valence-electron chi connectivity index (χ2n) is 6.53. The molecule has 4 N–H and O–H groups in total. The maximum Gasteiger partial charge on any atom is 0.233 e. The summed E-state index contributed by atoms with van der Waals surface area (Å²) in [5.74, 6) is 2.45. The molecule has 0 saturated carbocycles. The number of anilines is 4. The summed E-state index contributed by atoms with van der Waals surface area (Å²) in [5.41, 5.74) is 6.09. The van der Waals surface area contributed by atoms with Crippen molar-refractivity contribution in [1.82, 2.24) is 20.4 Å². The van der Waals surface area contributed by atoms with E-state index in [0.29, 0.717) is 17.8 Å². The molecule has 1 unspecified atom stereocenters. The number of hydrazone groups is 1. The minimum Gasteiger partial charge on any atom is -0.467 e. The highest BCUT2D eigenvalue weighted by Crippen LogP contribution is 2.25. The monoisotopic (exact) mass is 392 g/mol. The Labute approximate surface area is 169 Å².